The second-order valence-electron chi connectivity index (χ2n) is 7.02. The van der Waals surface area contributed by atoms with E-state index in [1.54, 1.807) is 24.5 Å². The first-order valence-electron chi connectivity index (χ1n) is 10.0. The summed E-state index contributed by atoms with van der Waals surface area (Å²) >= 11 is 0. The number of carbonyl (C=O) groups excluding carboxylic acids is 1. The van der Waals surface area contributed by atoms with Crippen LogP contribution >= 0.6 is 24.0 Å². The largest absolute Gasteiger partial charge is 0.357 e. The summed E-state index contributed by atoms with van der Waals surface area (Å²) in [6.07, 6.45) is 5.51. The van der Waals surface area contributed by atoms with Gasteiger partial charge in [0, 0.05) is 38.6 Å². The molecule has 1 amide bonds. The number of hydrogen-bond donors (Lipinski definition) is 2. The maximum Gasteiger partial charge on any atom is 0.252 e. The molecule has 1 unspecified atom stereocenters. The summed E-state index contributed by atoms with van der Waals surface area (Å²) in [4.78, 5) is 23.1. The van der Waals surface area contributed by atoms with Crippen LogP contribution in [0.25, 0.3) is 0 Å². The summed E-state index contributed by atoms with van der Waals surface area (Å²) in [5.74, 6) is 1.47. The number of pyridine rings is 1. The van der Waals surface area contributed by atoms with Gasteiger partial charge in [-0.25, -0.2) is 0 Å². The molecule has 0 spiro atoms. The average Bonchev–Trinajstić information content (AvgIpc) is 3.20. The first-order chi connectivity index (χ1) is 13.8. The van der Waals surface area contributed by atoms with Crippen molar-refractivity contribution in [2.75, 3.05) is 32.7 Å². The molecular formula is C22H30IN5O. The number of guanidine groups is 1. The van der Waals surface area contributed by atoms with Gasteiger partial charge < -0.3 is 15.5 Å². The van der Waals surface area contributed by atoms with Gasteiger partial charge in [-0.15, -0.1) is 24.0 Å². The van der Waals surface area contributed by atoms with Gasteiger partial charge in [0.2, 0.25) is 0 Å². The van der Waals surface area contributed by atoms with Gasteiger partial charge in [0.25, 0.3) is 5.91 Å². The molecule has 3 rings (SSSR count). The summed E-state index contributed by atoms with van der Waals surface area (Å²) in [5, 5.41) is 6.28. The molecule has 1 saturated heterocycles. The molecule has 1 aliphatic heterocycles. The molecule has 2 aromatic rings. The Bertz CT molecular complexity index is 769. The number of hydrogen-bond acceptors (Lipinski definition) is 3. The average molecular weight is 507 g/mol. The topological polar surface area (TPSA) is 69.6 Å². The van der Waals surface area contributed by atoms with E-state index < -0.39 is 0 Å². The predicted octanol–water partition coefficient (Wildman–Crippen LogP) is 2.96. The highest BCUT2D eigenvalue weighted by atomic mass is 127. The second-order valence-corrected chi connectivity index (χ2v) is 7.02. The molecule has 1 atom stereocenters. The van der Waals surface area contributed by atoms with Gasteiger partial charge >= 0.3 is 0 Å². The third-order valence-corrected chi connectivity index (χ3v) is 4.87. The summed E-state index contributed by atoms with van der Waals surface area (Å²) in [6, 6.07) is 14.2. The number of nitrogens with one attached hydrogen (secondary N) is 2. The minimum Gasteiger partial charge on any atom is -0.357 e. The molecule has 156 valence electrons. The Morgan fingerprint density at radius 2 is 2.03 bits per heavy atom. The molecule has 0 bridgehead atoms. The van der Waals surface area contributed by atoms with Gasteiger partial charge in [0.05, 0.1) is 12.1 Å². The summed E-state index contributed by atoms with van der Waals surface area (Å²) in [5.41, 5.74) is 1.97. The number of amides is 1. The number of benzene rings is 1. The molecule has 1 aromatic heterocycles. The number of halogens is 1. The first kappa shape index (κ1) is 23.1. The van der Waals surface area contributed by atoms with E-state index in [-0.39, 0.29) is 29.9 Å². The molecule has 1 aliphatic rings. The van der Waals surface area contributed by atoms with Gasteiger partial charge in [-0.1, -0.05) is 30.3 Å². The highest BCUT2D eigenvalue weighted by Gasteiger charge is 2.24. The smallest absolute Gasteiger partial charge is 0.252 e. The first-order valence-corrected chi connectivity index (χ1v) is 10.0. The van der Waals surface area contributed by atoms with Crippen molar-refractivity contribution < 1.29 is 4.79 Å². The zero-order valence-electron chi connectivity index (χ0n) is 16.9. The molecule has 6 nitrogen and oxygen atoms in total. The fraction of sp³-hybridized carbons (Fsp3) is 0.409. The zero-order valence-corrected chi connectivity index (χ0v) is 19.2. The van der Waals surface area contributed by atoms with Crippen LogP contribution in [-0.4, -0.2) is 54.5 Å². The van der Waals surface area contributed by atoms with Crippen molar-refractivity contribution >= 4 is 35.8 Å². The van der Waals surface area contributed by atoms with Crippen LogP contribution < -0.4 is 10.6 Å². The summed E-state index contributed by atoms with van der Waals surface area (Å²) < 4.78 is 0. The number of aliphatic imine (C=N–C) groups is 1. The monoisotopic (exact) mass is 507 g/mol. The zero-order chi connectivity index (χ0) is 19.6. The quantitative estimate of drug-likeness (QED) is 0.262. The molecule has 2 heterocycles. The highest BCUT2D eigenvalue weighted by molar-refractivity contribution is 14.0. The Labute approximate surface area is 190 Å². The minimum atomic E-state index is -0.114. The molecule has 1 fully saturated rings. The summed E-state index contributed by atoms with van der Waals surface area (Å²) in [6.45, 7) is 6.00. The van der Waals surface area contributed by atoms with Crippen molar-refractivity contribution in [1.82, 2.24) is 20.5 Å². The maximum absolute atomic E-state index is 12.1. The number of aromatic nitrogens is 1. The van der Waals surface area contributed by atoms with Crippen LogP contribution in [0.2, 0.25) is 0 Å². The molecule has 2 N–H and O–H groups in total. The van der Waals surface area contributed by atoms with Crippen molar-refractivity contribution in [2.24, 2.45) is 10.9 Å². The lowest BCUT2D eigenvalue weighted by Gasteiger charge is -2.21. The molecule has 0 saturated carbocycles. The number of rotatable bonds is 7. The highest BCUT2D eigenvalue weighted by Crippen LogP contribution is 2.20. The Balaban J connectivity index is 0.00000300. The van der Waals surface area contributed by atoms with Crippen LogP contribution in [0, 0.1) is 5.92 Å². The third-order valence-electron chi connectivity index (χ3n) is 4.87. The predicted molar refractivity (Wildman–Crippen MR) is 128 cm³/mol. The van der Waals surface area contributed by atoms with Gasteiger partial charge in [-0.3, -0.25) is 14.8 Å². The van der Waals surface area contributed by atoms with Crippen LogP contribution in [0.4, 0.5) is 0 Å². The third kappa shape index (κ3) is 7.30. The van der Waals surface area contributed by atoms with E-state index in [0.29, 0.717) is 24.6 Å². The van der Waals surface area contributed by atoms with Gasteiger partial charge in [0.15, 0.2) is 5.96 Å². The lowest BCUT2D eigenvalue weighted by molar-refractivity contribution is 0.0954. The lowest BCUT2D eigenvalue weighted by atomic mass is 9.99. The van der Waals surface area contributed by atoms with Crippen molar-refractivity contribution in [3.8, 4) is 0 Å². The van der Waals surface area contributed by atoms with Crippen molar-refractivity contribution in [2.45, 2.75) is 19.8 Å². The Hall–Kier alpha value is -2.16. The molecule has 7 heteroatoms. The maximum atomic E-state index is 12.1. The second kappa shape index (κ2) is 12.4. The van der Waals surface area contributed by atoms with Gasteiger partial charge in [-0.2, -0.15) is 0 Å². The molecular weight excluding hydrogens is 477 g/mol. The van der Waals surface area contributed by atoms with E-state index in [1.807, 2.05) is 0 Å². The van der Waals surface area contributed by atoms with E-state index in [2.05, 4.69) is 57.8 Å². The SMILES string of the molecule is CCNC(=NCCNC(=O)c1cccnc1)N1CCC(Cc2ccccc2)C1.I. The Morgan fingerprint density at radius 1 is 1.21 bits per heavy atom. The van der Waals surface area contributed by atoms with Crippen LogP contribution in [0.1, 0.15) is 29.3 Å². The Kier molecular flexibility index (Phi) is 9.90. The molecule has 1 aromatic carbocycles. The van der Waals surface area contributed by atoms with E-state index >= 15 is 0 Å². The standard InChI is InChI=1S/C22H29N5O.HI/c1-2-24-22(26-13-12-25-21(28)20-9-6-11-23-16-20)27-14-10-19(17-27)15-18-7-4-3-5-8-18;/h3-9,11,16,19H,2,10,12-15,17H2,1H3,(H,24,26)(H,25,28);1H. The summed E-state index contributed by atoms with van der Waals surface area (Å²) in [7, 11) is 0. The minimum absolute atomic E-state index is 0. The van der Waals surface area contributed by atoms with Crippen LogP contribution in [0.3, 0.4) is 0 Å². The van der Waals surface area contributed by atoms with E-state index in [9.17, 15) is 4.79 Å². The molecule has 0 aliphatic carbocycles. The van der Waals surface area contributed by atoms with Gasteiger partial charge in [0.1, 0.15) is 0 Å². The lowest BCUT2D eigenvalue weighted by Crippen LogP contribution is -2.40. The van der Waals surface area contributed by atoms with Crippen LogP contribution in [-0.2, 0) is 6.42 Å². The fourth-order valence-electron chi connectivity index (χ4n) is 3.50. The number of carbonyl (C=O) groups is 1. The fourth-order valence-corrected chi connectivity index (χ4v) is 3.50. The van der Waals surface area contributed by atoms with E-state index in [4.69, 9.17) is 4.99 Å². The Morgan fingerprint density at radius 3 is 2.76 bits per heavy atom. The number of nitrogens with zero attached hydrogens (tertiary/aromatic N) is 3. The van der Waals surface area contributed by atoms with E-state index in [0.717, 1.165) is 32.0 Å². The number of likely N-dealkylation sites (tertiary alicyclic amines) is 1. The van der Waals surface area contributed by atoms with E-state index in [1.165, 1.54) is 12.0 Å². The van der Waals surface area contributed by atoms with Crippen molar-refractivity contribution in [3.63, 3.8) is 0 Å². The van der Waals surface area contributed by atoms with Crippen molar-refractivity contribution in [3.05, 3.63) is 66.0 Å². The molecule has 29 heavy (non-hydrogen) atoms. The van der Waals surface area contributed by atoms with Crippen molar-refractivity contribution in [1.29, 1.82) is 0 Å². The van der Waals surface area contributed by atoms with Gasteiger partial charge in [-0.05, 0) is 43.4 Å². The normalized spacial score (nSPS) is 16.2. The van der Waals surface area contributed by atoms with Crippen LogP contribution in [0.15, 0.2) is 59.9 Å². The molecule has 0 radical (unpaired) electrons. The van der Waals surface area contributed by atoms with Crippen LogP contribution in [0.5, 0.6) is 0 Å².